The molecule has 0 unspecified atom stereocenters. The van der Waals surface area contributed by atoms with Gasteiger partial charge in [-0.3, -0.25) is 4.99 Å². The van der Waals surface area contributed by atoms with Crippen molar-refractivity contribution in [3.63, 3.8) is 0 Å². The smallest absolute Gasteiger partial charge is 0.181 e. The highest BCUT2D eigenvalue weighted by Crippen LogP contribution is 2.36. The van der Waals surface area contributed by atoms with Crippen molar-refractivity contribution in [1.82, 2.24) is 14.7 Å². The third kappa shape index (κ3) is 2.75. The number of aliphatic hydroxyl groups is 3. The molecule has 3 aliphatic heterocycles. The van der Waals surface area contributed by atoms with E-state index in [1.165, 1.54) is 10.2 Å². The van der Waals surface area contributed by atoms with E-state index in [2.05, 4.69) is 22.2 Å². The van der Waals surface area contributed by atoms with Crippen molar-refractivity contribution in [2.24, 2.45) is 9.98 Å². The number of fused-ring (bicyclic) bond motifs is 3. The van der Waals surface area contributed by atoms with E-state index in [-0.39, 0.29) is 12.6 Å². The molecule has 0 saturated carbocycles. The Bertz CT molecular complexity index is 928. The first-order valence-corrected chi connectivity index (χ1v) is 9.28. The van der Waals surface area contributed by atoms with Crippen LogP contribution in [0, 0.1) is 0 Å². The van der Waals surface area contributed by atoms with Crippen molar-refractivity contribution in [2.75, 3.05) is 13.2 Å². The minimum Gasteiger partial charge on any atom is -0.394 e. The molecule has 1 fully saturated rings. The molecule has 2 aromatic rings. The second-order valence-electron chi connectivity index (χ2n) is 7.25. The lowest BCUT2D eigenvalue weighted by atomic mass is 10.1. The van der Waals surface area contributed by atoms with Gasteiger partial charge in [0.05, 0.1) is 30.7 Å². The summed E-state index contributed by atoms with van der Waals surface area (Å²) < 4.78 is 7.02. The SMILES string of the molecule is OC[C@H]1O[C@@H](n2ncc3c2N=CN2C[C@@H](Cc4ccccc4)N=C32)[C@H](O)[C@@H]1O. The molecule has 1 aromatic carbocycles. The topological polar surface area (TPSA) is 116 Å². The minimum absolute atomic E-state index is 0.118. The summed E-state index contributed by atoms with van der Waals surface area (Å²) in [5, 5.41) is 33.9. The van der Waals surface area contributed by atoms with Crippen LogP contribution in [0.15, 0.2) is 46.5 Å². The average Bonchev–Trinajstić information content (AvgIpc) is 3.38. The lowest BCUT2D eigenvalue weighted by Crippen LogP contribution is -2.33. The molecule has 1 saturated heterocycles. The first-order chi connectivity index (χ1) is 13.7. The van der Waals surface area contributed by atoms with Crippen LogP contribution in [-0.2, 0) is 11.2 Å². The van der Waals surface area contributed by atoms with Gasteiger partial charge in [-0.15, -0.1) is 0 Å². The quantitative estimate of drug-likeness (QED) is 0.676. The molecule has 0 spiro atoms. The van der Waals surface area contributed by atoms with E-state index in [0.717, 1.165) is 24.4 Å². The Hall–Kier alpha value is -2.59. The second-order valence-corrected chi connectivity index (χ2v) is 7.25. The molecule has 9 heteroatoms. The van der Waals surface area contributed by atoms with Crippen LogP contribution in [0.3, 0.4) is 0 Å². The molecule has 3 N–H and O–H groups in total. The summed E-state index contributed by atoms with van der Waals surface area (Å²) in [6.45, 7) is 0.356. The van der Waals surface area contributed by atoms with Crippen LogP contribution in [-0.4, -0.2) is 79.7 Å². The third-order valence-corrected chi connectivity index (χ3v) is 5.39. The number of hydrogen-bond acceptors (Lipinski definition) is 8. The molecular formula is C19H21N5O4. The summed E-state index contributed by atoms with van der Waals surface area (Å²) in [5.41, 5.74) is 1.99. The number of aliphatic hydroxyl groups excluding tert-OH is 3. The molecule has 146 valence electrons. The highest BCUT2D eigenvalue weighted by Gasteiger charge is 2.45. The maximum atomic E-state index is 10.3. The minimum atomic E-state index is -1.20. The van der Waals surface area contributed by atoms with Gasteiger partial charge in [-0.05, 0) is 12.0 Å². The van der Waals surface area contributed by atoms with Gasteiger partial charge in [0.25, 0.3) is 0 Å². The molecule has 0 radical (unpaired) electrons. The highest BCUT2D eigenvalue weighted by atomic mass is 16.6. The Balaban J connectivity index is 1.42. The Labute approximate surface area is 161 Å². The van der Waals surface area contributed by atoms with Crippen molar-refractivity contribution in [2.45, 2.75) is 37.0 Å². The number of nitrogens with zero attached hydrogens (tertiary/aromatic N) is 5. The number of rotatable bonds is 4. The van der Waals surface area contributed by atoms with E-state index in [1.54, 1.807) is 12.5 Å². The van der Waals surface area contributed by atoms with E-state index in [9.17, 15) is 15.3 Å². The molecule has 4 heterocycles. The normalized spacial score (nSPS) is 31.0. The first kappa shape index (κ1) is 17.5. The monoisotopic (exact) mass is 383 g/mol. The predicted molar refractivity (Wildman–Crippen MR) is 101 cm³/mol. The van der Waals surface area contributed by atoms with Crippen LogP contribution >= 0.6 is 0 Å². The van der Waals surface area contributed by atoms with Crippen LogP contribution < -0.4 is 0 Å². The number of ether oxygens (including phenoxy) is 1. The summed E-state index contributed by atoms with van der Waals surface area (Å²) in [5.74, 6) is 1.31. The van der Waals surface area contributed by atoms with Gasteiger partial charge in [0.2, 0.25) is 0 Å². The van der Waals surface area contributed by atoms with Crippen molar-refractivity contribution in [1.29, 1.82) is 0 Å². The molecule has 5 rings (SSSR count). The molecule has 28 heavy (non-hydrogen) atoms. The predicted octanol–water partition coefficient (Wildman–Crippen LogP) is -0.159. The van der Waals surface area contributed by atoms with Crippen molar-refractivity contribution in [3.05, 3.63) is 47.7 Å². The Kier molecular flexibility index (Phi) is 4.24. The van der Waals surface area contributed by atoms with Gasteiger partial charge in [0, 0.05) is 6.54 Å². The number of hydrogen-bond donors (Lipinski definition) is 3. The lowest BCUT2D eigenvalue weighted by molar-refractivity contribution is -0.0576. The zero-order valence-electron chi connectivity index (χ0n) is 15.0. The highest BCUT2D eigenvalue weighted by molar-refractivity contribution is 6.11. The third-order valence-electron chi connectivity index (χ3n) is 5.39. The summed E-state index contributed by atoms with van der Waals surface area (Å²) in [7, 11) is 0. The van der Waals surface area contributed by atoms with Crippen LogP contribution in [0.25, 0.3) is 0 Å². The molecule has 0 aliphatic carbocycles. The van der Waals surface area contributed by atoms with E-state index in [4.69, 9.17) is 9.73 Å². The Morgan fingerprint density at radius 1 is 1.14 bits per heavy atom. The molecule has 1 aromatic heterocycles. The second kappa shape index (κ2) is 6.78. The van der Waals surface area contributed by atoms with Gasteiger partial charge in [0.15, 0.2) is 12.0 Å². The zero-order chi connectivity index (χ0) is 19.3. The molecule has 3 aliphatic rings. The molecule has 0 amide bonds. The summed E-state index contributed by atoms with van der Waals surface area (Å²) in [6.07, 6.45) is 0.0454. The van der Waals surface area contributed by atoms with Crippen LogP contribution in [0.5, 0.6) is 0 Å². The molecule has 9 nitrogen and oxygen atoms in total. The largest absolute Gasteiger partial charge is 0.394 e. The van der Waals surface area contributed by atoms with E-state index < -0.39 is 24.5 Å². The van der Waals surface area contributed by atoms with E-state index in [1.807, 2.05) is 23.1 Å². The molecular weight excluding hydrogens is 362 g/mol. The molecule has 5 atom stereocenters. The number of benzene rings is 1. The fourth-order valence-corrected chi connectivity index (χ4v) is 3.96. The summed E-state index contributed by atoms with van der Waals surface area (Å²) in [4.78, 5) is 11.3. The van der Waals surface area contributed by atoms with Crippen LogP contribution in [0.4, 0.5) is 5.82 Å². The number of amidine groups is 1. The van der Waals surface area contributed by atoms with Crippen molar-refractivity contribution >= 4 is 18.0 Å². The van der Waals surface area contributed by atoms with Crippen LogP contribution in [0.2, 0.25) is 0 Å². The maximum Gasteiger partial charge on any atom is 0.181 e. The molecule has 0 bridgehead atoms. The van der Waals surface area contributed by atoms with E-state index >= 15 is 0 Å². The summed E-state index contributed by atoms with van der Waals surface area (Å²) >= 11 is 0. The summed E-state index contributed by atoms with van der Waals surface area (Å²) in [6, 6.07) is 10.4. The van der Waals surface area contributed by atoms with Crippen LogP contribution in [0.1, 0.15) is 17.4 Å². The average molecular weight is 383 g/mol. The fourth-order valence-electron chi connectivity index (χ4n) is 3.96. The Morgan fingerprint density at radius 3 is 2.71 bits per heavy atom. The van der Waals surface area contributed by atoms with E-state index in [0.29, 0.717) is 5.82 Å². The zero-order valence-corrected chi connectivity index (χ0v) is 15.0. The van der Waals surface area contributed by atoms with Gasteiger partial charge in [-0.1, -0.05) is 30.3 Å². The van der Waals surface area contributed by atoms with Crippen molar-refractivity contribution in [3.8, 4) is 0 Å². The van der Waals surface area contributed by atoms with Gasteiger partial charge >= 0.3 is 0 Å². The maximum absolute atomic E-state index is 10.3. The van der Waals surface area contributed by atoms with Crippen molar-refractivity contribution < 1.29 is 20.1 Å². The first-order valence-electron chi connectivity index (χ1n) is 9.28. The van der Waals surface area contributed by atoms with Gasteiger partial charge in [0.1, 0.15) is 24.1 Å². The Morgan fingerprint density at radius 2 is 1.96 bits per heavy atom. The number of aromatic nitrogens is 2. The lowest BCUT2D eigenvalue weighted by Gasteiger charge is -2.21. The number of aliphatic imine (C=N–C) groups is 2. The van der Waals surface area contributed by atoms with Gasteiger partial charge in [-0.2, -0.15) is 5.10 Å². The van der Waals surface area contributed by atoms with Gasteiger partial charge < -0.3 is 25.0 Å². The standard InChI is InChI=1S/C19H21N5O4/c25-9-14-15(26)16(27)19(28-14)24-17-13(7-21-24)18-22-12(8-23(18)10-20-17)6-11-4-2-1-3-5-11/h1-5,7,10,12,14-16,19,25-27H,6,8-9H2/t12-,14-,15-,16-,19-/m1/s1. The van der Waals surface area contributed by atoms with Gasteiger partial charge in [-0.25, -0.2) is 9.67 Å². The fraction of sp³-hybridized carbons (Fsp3) is 0.421.